The molecule has 1 N–H and O–H groups in total. The Labute approximate surface area is 200 Å². The molecule has 2 heterocycles. The fraction of sp³-hybridized carbons (Fsp3) is 0.296. The SMILES string of the molecule is CS(=O)(=O)c1ccc(-c2ccc3c(c2)C2(CCN(C(=O)OCc4ccccc4)CC2)CN3)cc1. The zero-order valence-electron chi connectivity index (χ0n) is 19.2. The number of sulfone groups is 1. The van der Waals surface area contributed by atoms with E-state index in [2.05, 4.69) is 23.5 Å². The van der Waals surface area contributed by atoms with Crippen molar-refractivity contribution in [3.63, 3.8) is 0 Å². The van der Waals surface area contributed by atoms with Gasteiger partial charge in [-0.1, -0.05) is 48.5 Å². The Hall–Kier alpha value is -3.32. The van der Waals surface area contributed by atoms with Crippen LogP contribution in [0.15, 0.2) is 77.7 Å². The minimum atomic E-state index is -3.22. The van der Waals surface area contributed by atoms with E-state index in [4.69, 9.17) is 4.74 Å². The van der Waals surface area contributed by atoms with Crippen molar-refractivity contribution in [2.45, 2.75) is 29.8 Å². The number of nitrogens with one attached hydrogen (secondary N) is 1. The van der Waals surface area contributed by atoms with Gasteiger partial charge in [0.1, 0.15) is 6.61 Å². The zero-order valence-corrected chi connectivity index (χ0v) is 20.0. The minimum absolute atomic E-state index is 0.0196. The summed E-state index contributed by atoms with van der Waals surface area (Å²) in [6.45, 7) is 2.45. The molecule has 3 aromatic rings. The Balaban J connectivity index is 1.28. The standard InChI is InChI=1S/C27H28N2O4S/c1-34(31,32)23-10-7-21(8-11-23)22-9-12-25-24(17-22)27(19-28-25)13-15-29(16-14-27)26(30)33-18-20-5-3-2-4-6-20/h2-12,17,28H,13-16,18-19H2,1H3. The first-order valence-corrected chi connectivity index (χ1v) is 13.4. The van der Waals surface area contributed by atoms with Gasteiger partial charge in [-0.25, -0.2) is 13.2 Å². The molecule has 1 fully saturated rings. The number of carbonyl (C=O) groups is 1. The lowest BCUT2D eigenvalue weighted by Gasteiger charge is -2.39. The number of fused-ring (bicyclic) bond motifs is 2. The van der Waals surface area contributed by atoms with Crippen LogP contribution in [0.2, 0.25) is 0 Å². The van der Waals surface area contributed by atoms with E-state index >= 15 is 0 Å². The number of rotatable bonds is 4. The number of hydrogen-bond acceptors (Lipinski definition) is 5. The van der Waals surface area contributed by atoms with E-state index in [9.17, 15) is 13.2 Å². The number of likely N-dealkylation sites (tertiary alicyclic amines) is 1. The maximum atomic E-state index is 12.6. The average Bonchev–Trinajstić information content (AvgIpc) is 3.20. The Morgan fingerprint density at radius 2 is 1.65 bits per heavy atom. The first-order valence-electron chi connectivity index (χ1n) is 11.5. The molecule has 5 rings (SSSR count). The molecule has 0 bridgehead atoms. The molecule has 0 aliphatic carbocycles. The maximum absolute atomic E-state index is 12.6. The molecule has 0 unspecified atom stereocenters. The van der Waals surface area contributed by atoms with E-state index in [1.165, 1.54) is 11.8 Å². The van der Waals surface area contributed by atoms with Crippen molar-refractivity contribution in [3.8, 4) is 11.1 Å². The molecule has 1 spiro atoms. The molecule has 34 heavy (non-hydrogen) atoms. The van der Waals surface area contributed by atoms with E-state index < -0.39 is 9.84 Å². The van der Waals surface area contributed by atoms with E-state index in [-0.39, 0.29) is 18.1 Å². The third-order valence-electron chi connectivity index (χ3n) is 7.01. The number of nitrogens with zero attached hydrogens (tertiary/aromatic N) is 1. The second-order valence-electron chi connectivity index (χ2n) is 9.22. The van der Waals surface area contributed by atoms with Crippen LogP contribution < -0.4 is 5.32 Å². The molecule has 0 aromatic heterocycles. The van der Waals surface area contributed by atoms with Crippen molar-refractivity contribution in [1.82, 2.24) is 4.90 Å². The van der Waals surface area contributed by atoms with Gasteiger partial charge in [-0.05, 0) is 59.4 Å². The van der Waals surface area contributed by atoms with Gasteiger partial charge in [-0.3, -0.25) is 0 Å². The monoisotopic (exact) mass is 476 g/mol. The van der Waals surface area contributed by atoms with E-state index in [1.807, 2.05) is 42.5 Å². The van der Waals surface area contributed by atoms with Gasteiger partial charge in [0.05, 0.1) is 4.90 Å². The lowest BCUT2D eigenvalue weighted by Crippen LogP contribution is -2.46. The van der Waals surface area contributed by atoms with Crippen molar-refractivity contribution < 1.29 is 17.9 Å². The summed E-state index contributed by atoms with van der Waals surface area (Å²) in [7, 11) is -3.22. The lowest BCUT2D eigenvalue weighted by molar-refractivity contribution is 0.0794. The van der Waals surface area contributed by atoms with Crippen LogP contribution in [0.4, 0.5) is 10.5 Å². The topological polar surface area (TPSA) is 75.7 Å². The van der Waals surface area contributed by atoms with E-state index in [1.54, 1.807) is 17.0 Å². The molecular weight excluding hydrogens is 448 g/mol. The molecule has 0 saturated carbocycles. The fourth-order valence-electron chi connectivity index (χ4n) is 4.94. The summed E-state index contributed by atoms with van der Waals surface area (Å²) in [5.74, 6) is 0. The van der Waals surface area contributed by atoms with Crippen LogP contribution in [-0.4, -0.2) is 45.3 Å². The number of benzene rings is 3. The predicted octanol–water partition coefficient (Wildman–Crippen LogP) is 4.85. The summed E-state index contributed by atoms with van der Waals surface area (Å²) in [5, 5.41) is 3.55. The average molecular weight is 477 g/mol. The van der Waals surface area contributed by atoms with Gasteiger partial charge in [-0.2, -0.15) is 0 Å². The summed E-state index contributed by atoms with van der Waals surface area (Å²) < 4.78 is 29.1. The zero-order chi connectivity index (χ0) is 23.8. The fourth-order valence-corrected chi connectivity index (χ4v) is 5.58. The molecule has 0 atom stereocenters. The molecule has 2 aliphatic rings. The summed E-state index contributed by atoms with van der Waals surface area (Å²) >= 11 is 0. The highest BCUT2D eigenvalue weighted by Gasteiger charge is 2.42. The van der Waals surface area contributed by atoms with Crippen molar-refractivity contribution >= 4 is 21.6 Å². The number of ether oxygens (including phenoxy) is 1. The largest absolute Gasteiger partial charge is 0.445 e. The Morgan fingerprint density at radius 1 is 0.971 bits per heavy atom. The highest BCUT2D eigenvalue weighted by atomic mass is 32.2. The van der Waals surface area contributed by atoms with Crippen LogP contribution in [0.5, 0.6) is 0 Å². The van der Waals surface area contributed by atoms with Crippen LogP contribution in [-0.2, 0) is 26.6 Å². The summed E-state index contributed by atoms with van der Waals surface area (Å²) in [4.78, 5) is 14.7. The van der Waals surface area contributed by atoms with Crippen molar-refractivity contribution in [2.75, 3.05) is 31.2 Å². The first-order chi connectivity index (χ1) is 16.3. The first kappa shape index (κ1) is 22.5. The van der Waals surface area contributed by atoms with E-state index in [0.717, 1.165) is 41.8 Å². The smallest absolute Gasteiger partial charge is 0.410 e. The Morgan fingerprint density at radius 3 is 2.32 bits per heavy atom. The van der Waals surface area contributed by atoms with Crippen molar-refractivity contribution in [1.29, 1.82) is 0 Å². The lowest BCUT2D eigenvalue weighted by atomic mass is 9.74. The Bertz CT molecular complexity index is 1300. The number of piperidine rings is 1. The molecule has 176 valence electrons. The number of hydrogen-bond donors (Lipinski definition) is 1. The number of amides is 1. The normalized spacial score (nSPS) is 16.7. The second kappa shape index (κ2) is 8.80. The molecule has 0 radical (unpaired) electrons. The summed E-state index contributed by atoms with van der Waals surface area (Å²) in [5.41, 5.74) is 5.42. The van der Waals surface area contributed by atoms with E-state index in [0.29, 0.717) is 18.0 Å². The van der Waals surface area contributed by atoms with Gasteiger partial charge in [0.25, 0.3) is 0 Å². The van der Waals surface area contributed by atoms with Gasteiger partial charge >= 0.3 is 6.09 Å². The highest BCUT2D eigenvalue weighted by molar-refractivity contribution is 7.90. The third kappa shape index (κ3) is 4.40. The number of carbonyl (C=O) groups excluding carboxylic acids is 1. The van der Waals surface area contributed by atoms with Gasteiger partial charge in [0.2, 0.25) is 0 Å². The molecule has 7 heteroatoms. The third-order valence-corrected chi connectivity index (χ3v) is 8.14. The Kier molecular flexibility index (Phi) is 5.81. The van der Waals surface area contributed by atoms with Crippen molar-refractivity contribution in [2.24, 2.45) is 0 Å². The molecule has 6 nitrogen and oxygen atoms in total. The molecule has 3 aromatic carbocycles. The predicted molar refractivity (Wildman–Crippen MR) is 133 cm³/mol. The maximum Gasteiger partial charge on any atom is 0.410 e. The summed E-state index contributed by atoms with van der Waals surface area (Å²) in [6, 6.07) is 23.1. The van der Waals surface area contributed by atoms with Gasteiger partial charge in [0.15, 0.2) is 9.84 Å². The van der Waals surface area contributed by atoms with Crippen LogP contribution in [0.1, 0.15) is 24.0 Å². The quantitative estimate of drug-likeness (QED) is 0.582. The van der Waals surface area contributed by atoms with Crippen LogP contribution in [0.25, 0.3) is 11.1 Å². The number of anilines is 1. The molecule has 2 aliphatic heterocycles. The van der Waals surface area contributed by atoms with Crippen LogP contribution in [0.3, 0.4) is 0 Å². The highest BCUT2D eigenvalue weighted by Crippen LogP contribution is 2.45. The van der Waals surface area contributed by atoms with Gasteiger partial charge in [-0.15, -0.1) is 0 Å². The van der Waals surface area contributed by atoms with Crippen LogP contribution >= 0.6 is 0 Å². The molecular formula is C27H28N2O4S. The minimum Gasteiger partial charge on any atom is -0.445 e. The summed E-state index contributed by atoms with van der Waals surface area (Å²) in [6.07, 6.45) is 2.69. The second-order valence-corrected chi connectivity index (χ2v) is 11.2. The van der Waals surface area contributed by atoms with Gasteiger partial charge < -0.3 is 15.0 Å². The molecule has 1 amide bonds. The van der Waals surface area contributed by atoms with Crippen LogP contribution in [0, 0.1) is 0 Å². The van der Waals surface area contributed by atoms with Gasteiger partial charge in [0, 0.05) is 37.0 Å². The van der Waals surface area contributed by atoms with Crippen molar-refractivity contribution in [3.05, 3.63) is 83.9 Å². The molecule has 1 saturated heterocycles.